The fourth-order valence-corrected chi connectivity index (χ4v) is 7.67. The van der Waals surface area contributed by atoms with E-state index < -0.39 is 5.69 Å². The molecule has 0 spiro atoms. The van der Waals surface area contributed by atoms with E-state index in [0.717, 1.165) is 35.3 Å². The fourth-order valence-electron chi connectivity index (χ4n) is 7.67. The number of phenols is 1. The SMILES string of the molecule is Cc1cnc2c(c1)c(=O)n(C1CCC(NC(=O)C3=CN4C=C(F)C=CC4N3)CC1)c(=O)n2-c1cccc(-c2ccc(O)cc2CN2CCOCC2)c1. The molecule has 0 radical (unpaired) electrons. The van der Waals surface area contributed by atoms with Gasteiger partial charge in [-0.25, -0.2) is 18.7 Å². The maximum absolute atomic E-state index is 14.5. The van der Waals surface area contributed by atoms with Crippen LogP contribution < -0.4 is 21.9 Å². The van der Waals surface area contributed by atoms with Crippen molar-refractivity contribution in [1.82, 2.24) is 34.6 Å². The van der Waals surface area contributed by atoms with Gasteiger partial charge < -0.3 is 25.4 Å². The molecule has 2 aromatic carbocycles. The number of amides is 1. The van der Waals surface area contributed by atoms with Gasteiger partial charge >= 0.3 is 5.69 Å². The Balaban J connectivity index is 1.08. The minimum atomic E-state index is -0.469. The first kappa shape index (κ1) is 33.6. The van der Waals surface area contributed by atoms with Crippen LogP contribution in [-0.4, -0.2) is 73.4 Å². The Kier molecular flexibility index (Phi) is 8.97. The van der Waals surface area contributed by atoms with Gasteiger partial charge in [0, 0.05) is 50.3 Å². The summed E-state index contributed by atoms with van der Waals surface area (Å²) in [5.74, 6) is -0.490. The molecular weight excluding hydrogens is 665 g/mol. The summed E-state index contributed by atoms with van der Waals surface area (Å²) >= 11 is 0. The van der Waals surface area contributed by atoms with Crippen LogP contribution in [0.4, 0.5) is 4.39 Å². The third-order valence-electron chi connectivity index (χ3n) is 10.3. The van der Waals surface area contributed by atoms with E-state index in [0.29, 0.717) is 62.2 Å². The molecule has 1 unspecified atom stereocenters. The van der Waals surface area contributed by atoms with Crippen molar-refractivity contribution in [2.45, 2.75) is 57.4 Å². The number of morpholine rings is 1. The summed E-state index contributed by atoms with van der Waals surface area (Å²) in [5.41, 5.74) is 3.91. The Bertz CT molecular complexity index is 2260. The zero-order valence-corrected chi connectivity index (χ0v) is 28.8. The molecule has 1 amide bonds. The van der Waals surface area contributed by atoms with Gasteiger partial charge in [0.05, 0.1) is 24.3 Å². The lowest BCUT2D eigenvalue weighted by Crippen LogP contribution is -2.46. The number of hydrogen-bond donors (Lipinski definition) is 3. The molecule has 0 bridgehead atoms. The average molecular weight is 706 g/mol. The summed E-state index contributed by atoms with van der Waals surface area (Å²) in [6.45, 7) is 5.41. The molecule has 3 aliphatic heterocycles. The molecule has 4 aromatic rings. The van der Waals surface area contributed by atoms with Crippen molar-refractivity contribution >= 4 is 16.9 Å². The summed E-state index contributed by atoms with van der Waals surface area (Å²) in [5, 5.41) is 16.9. The number of carbonyl (C=O) groups is 1. The van der Waals surface area contributed by atoms with Crippen LogP contribution in [0, 0.1) is 6.92 Å². The number of rotatable bonds is 7. The molecule has 2 fully saturated rings. The van der Waals surface area contributed by atoms with Crippen LogP contribution >= 0.6 is 0 Å². The van der Waals surface area contributed by atoms with Crippen molar-refractivity contribution < 1.29 is 19.0 Å². The highest BCUT2D eigenvalue weighted by atomic mass is 19.1. The number of halogens is 1. The predicted octanol–water partition coefficient (Wildman–Crippen LogP) is 4.11. The van der Waals surface area contributed by atoms with Crippen LogP contribution in [0.25, 0.3) is 27.8 Å². The van der Waals surface area contributed by atoms with Gasteiger partial charge in [0.15, 0.2) is 5.65 Å². The minimum absolute atomic E-state index is 0.150. The molecule has 2 aromatic heterocycles. The minimum Gasteiger partial charge on any atom is -0.508 e. The molecule has 1 saturated heterocycles. The molecule has 1 atom stereocenters. The summed E-state index contributed by atoms with van der Waals surface area (Å²) in [4.78, 5) is 50.2. The van der Waals surface area contributed by atoms with Crippen LogP contribution in [0.1, 0.15) is 42.9 Å². The zero-order valence-electron chi connectivity index (χ0n) is 28.8. The molecule has 12 nitrogen and oxygen atoms in total. The Hall–Kier alpha value is -5.53. The lowest BCUT2D eigenvalue weighted by molar-refractivity contribution is -0.118. The zero-order chi connectivity index (χ0) is 35.9. The van der Waals surface area contributed by atoms with Gasteiger partial charge in [0.2, 0.25) is 0 Å². The lowest BCUT2D eigenvalue weighted by atomic mass is 9.90. The highest BCUT2D eigenvalue weighted by Crippen LogP contribution is 2.31. The number of aromatic nitrogens is 3. The third-order valence-corrected chi connectivity index (χ3v) is 10.3. The fraction of sp³-hybridized carbons (Fsp3) is 0.333. The molecular formula is C39H40FN7O5. The highest BCUT2D eigenvalue weighted by Gasteiger charge is 2.31. The molecule has 1 aliphatic carbocycles. The molecule has 8 rings (SSSR count). The van der Waals surface area contributed by atoms with Crippen LogP contribution in [0.15, 0.2) is 100 Å². The van der Waals surface area contributed by atoms with Gasteiger partial charge in [-0.3, -0.25) is 19.1 Å². The average Bonchev–Trinajstić information content (AvgIpc) is 3.57. The van der Waals surface area contributed by atoms with Gasteiger partial charge in [0.1, 0.15) is 23.4 Å². The molecule has 5 heterocycles. The van der Waals surface area contributed by atoms with Crippen molar-refractivity contribution in [2.24, 2.45) is 0 Å². The van der Waals surface area contributed by atoms with Crippen molar-refractivity contribution in [2.75, 3.05) is 26.3 Å². The highest BCUT2D eigenvalue weighted by molar-refractivity contribution is 5.93. The molecule has 4 aliphatic rings. The number of aryl methyl sites for hydroxylation is 1. The number of ether oxygens (including phenoxy) is 1. The quantitative estimate of drug-likeness (QED) is 0.260. The number of phenolic OH excluding ortho intramolecular Hbond substituents is 1. The lowest BCUT2D eigenvalue weighted by Gasteiger charge is -2.30. The van der Waals surface area contributed by atoms with Crippen molar-refractivity contribution in [3.8, 4) is 22.6 Å². The number of fused-ring (bicyclic) bond motifs is 2. The third kappa shape index (κ3) is 6.53. The second kappa shape index (κ2) is 13.9. The molecule has 3 N–H and O–H groups in total. The number of carbonyl (C=O) groups excluding carboxylic acids is 1. The van der Waals surface area contributed by atoms with Crippen LogP contribution in [-0.2, 0) is 16.1 Å². The van der Waals surface area contributed by atoms with Gasteiger partial charge in [-0.2, -0.15) is 0 Å². The molecule has 52 heavy (non-hydrogen) atoms. The van der Waals surface area contributed by atoms with E-state index >= 15 is 0 Å². The number of pyridine rings is 1. The number of hydrogen-bond acceptors (Lipinski definition) is 9. The Morgan fingerprint density at radius 3 is 2.67 bits per heavy atom. The summed E-state index contributed by atoms with van der Waals surface area (Å²) < 4.78 is 22.1. The van der Waals surface area contributed by atoms with Gasteiger partial charge in [-0.05, 0) is 97.3 Å². The van der Waals surface area contributed by atoms with E-state index in [1.165, 1.54) is 21.4 Å². The Labute approximate surface area is 299 Å². The van der Waals surface area contributed by atoms with Crippen molar-refractivity contribution in [1.29, 1.82) is 0 Å². The maximum atomic E-state index is 14.5. The topological polar surface area (TPSA) is 134 Å². The Morgan fingerprint density at radius 1 is 1.06 bits per heavy atom. The molecule has 1 saturated carbocycles. The normalized spacial score (nSPS) is 21.7. The van der Waals surface area contributed by atoms with Crippen LogP contribution in [0.3, 0.4) is 0 Å². The standard InChI is InChI=1S/C39H40FN7O5/c1-24-17-33-36(41-20-24)46(30-4-2-3-25(18-30)32-11-10-31(48)19-26(32)21-44-13-15-52-16-14-44)39(51)47(38(33)50)29-8-6-28(7-9-29)42-37(49)34-23-45-22-27(40)5-12-35(45)43-34/h2-5,10-12,17-20,22-23,28-29,35,43,48H,6-9,13-16,21H2,1H3,(H,42,49). The summed E-state index contributed by atoms with van der Waals surface area (Å²) in [7, 11) is 0. The van der Waals surface area contributed by atoms with Gasteiger partial charge in [0.25, 0.3) is 11.5 Å². The number of nitrogens with zero attached hydrogens (tertiary/aromatic N) is 5. The van der Waals surface area contributed by atoms with Crippen LogP contribution in [0.2, 0.25) is 0 Å². The first-order chi connectivity index (χ1) is 25.2. The predicted molar refractivity (Wildman–Crippen MR) is 194 cm³/mol. The van der Waals surface area contributed by atoms with E-state index in [1.807, 2.05) is 37.3 Å². The van der Waals surface area contributed by atoms with E-state index in [2.05, 4.69) is 20.5 Å². The van der Waals surface area contributed by atoms with Gasteiger partial charge in [-0.1, -0.05) is 18.2 Å². The Morgan fingerprint density at radius 2 is 1.87 bits per heavy atom. The van der Waals surface area contributed by atoms with E-state index in [-0.39, 0.29) is 46.9 Å². The first-order valence-corrected chi connectivity index (χ1v) is 17.7. The number of allylic oxidation sites excluding steroid dienone is 2. The van der Waals surface area contributed by atoms with Crippen molar-refractivity contribution in [3.05, 3.63) is 123 Å². The number of benzene rings is 2. The van der Waals surface area contributed by atoms with Gasteiger partial charge in [-0.15, -0.1) is 0 Å². The van der Waals surface area contributed by atoms with E-state index in [1.54, 1.807) is 41.6 Å². The van der Waals surface area contributed by atoms with Crippen molar-refractivity contribution in [3.63, 3.8) is 0 Å². The van der Waals surface area contributed by atoms with Crippen LogP contribution in [0.5, 0.6) is 5.75 Å². The summed E-state index contributed by atoms with van der Waals surface area (Å²) in [6, 6.07) is 14.2. The number of aromatic hydroxyl groups is 1. The molecule has 13 heteroatoms. The monoisotopic (exact) mass is 705 g/mol. The second-order valence-corrected chi connectivity index (χ2v) is 13.9. The number of nitrogens with one attached hydrogen (secondary N) is 2. The molecule has 268 valence electrons. The smallest absolute Gasteiger partial charge is 0.337 e. The van der Waals surface area contributed by atoms with E-state index in [9.17, 15) is 23.9 Å². The largest absolute Gasteiger partial charge is 0.508 e. The second-order valence-electron chi connectivity index (χ2n) is 13.9. The maximum Gasteiger partial charge on any atom is 0.337 e. The van der Waals surface area contributed by atoms with E-state index in [4.69, 9.17) is 4.74 Å². The first-order valence-electron chi connectivity index (χ1n) is 17.7. The summed E-state index contributed by atoms with van der Waals surface area (Å²) in [6.07, 6.45) is 9.45.